The first-order chi connectivity index (χ1) is 9.99. The van der Waals surface area contributed by atoms with Crippen molar-refractivity contribution in [3.05, 3.63) is 50.7 Å². The fraction of sp³-hybridized carbons (Fsp3) is 0.154. The van der Waals surface area contributed by atoms with Crippen LogP contribution in [0.15, 0.2) is 34.8 Å². The first-order valence-corrected chi connectivity index (χ1v) is 6.91. The van der Waals surface area contributed by atoms with E-state index in [0.29, 0.717) is 22.5 Å². The molecule has 21 heavy (non-hydrogen) atoms. The molecule has 2 rings (SSSR count). The number of nitrogens with zero attached hydrogens (tertiary/aromatic N) is 2. The van der Waals surface area contributed by atoms with Crippen LogP contribution in [0.2, 0.25) is 0 Å². The fourth-order valence-corrected chi connectivity index (χ4v) is 2.03. The normalized spacial score (nSPS) is 10.2. The lowest BCUT2D eigenvalue weighted by Gasteiger charge is -2.10. The first kappa shape index (κ1) is 15.2. The Bertz CT molecular complexity index is 681. The minimum atomic E-state index is -0.506. The molecule has 1 aromatic heterocycles. The lowest BCUT2D eigenvalue weighted by molar-refractivity contribution is -0.384. The number of anilines is 3. The zero-order valence-electron chi connectivity index (χ0n) is 11.1. The van der Waals surface area contributed by atoms with Crippen molar-refractivity contribution in [2.45, 2.75) is 6.92 Å². The smallest absolute Gasteiger partial charge is 0.276 e. The van der Waals surface area contributed by atoms with Gasteiger partial charge in [0, 0.05) is 11.0 Å². The van der Waals surface area contributed by atoms with Crippen molar-refractivity contribution in [3.63, 3.8) is 0 Å². The highest BCUT2D eigenvalue weighted by Gasteiger charge is 2.12. The van der Waals surface area contributed by atoms with Crippen molar-refractivity contribution in [1.82, 2.24) is 4.98 Å². The van der Waals surface area contributed by atoms with Gasteiger partial charge in [-0.05, 0) is 41.1 Å². The maximum atomic E-state index is 13.3. The monoisotopic (exact) mass is 354 g/mol. The van der Waals surface area contributed by atoms with Gasteiger partial charge in [-0.1, -0.05) is 0 Å². The first-order valence-electron chi connectivity index (χ1n) is 6.12. The third-order valence-electron chi connectivity index (χ3n) is 2.57. The van der Waals surface area contributed by atoms with Crippen molar-refractivity contribution in [2.75, 3.05) is 17.2 Å². The molecule has 0 fully saturated rings. The van der Waals surface area contributed by atoms with Crippen LogP contribution < -0.4 is 10.6 Å². The third-order valence-corrected chi connectivity index (χ3v) is 3.26. The van der Waals surface area contributed by atoms with Crippen LogP contribution in [0.5, 0.6) is 0 Å². The molecular formula is C13H12BrFN4O2. The van der Waals surface area contributed by atoms with Crippen LogP contribution in [0.3, 0.4) is 0 Å². The standard InChI is InChI=1S/C13H12BrFN4O2/c1-2-16-12-6-9(19(20)21)7-13(18-12)17-11-5-8(15)3-4-10(11)14/h3-7H,2H2,1H3,(H2,16,17,18). The summed E-state index contributed by atoms with van der Waals surface area (Å²) in [5.41, 5.74) is 0.335. The molecule has 0 saturated heterocycles. The van der Waals surface area contributed by atoms with E-state index in [1.165, 1.54) is 24.3 Å². The summed E-state index contributed by atoms with van der Waals surface area (Å²) >= 11 is 3.28. The summed E-state index contributed by atoms with van der Waals surface area (Å²) < 4.78 is 13.9. The number of pyridine rings is 1. The number of nitro groups is 1. The largest absolute Gasteiger partial charge is 0.370 e. The Morgan fingerprint density at radius 2 is 2.05 bits per heavy atom. The predicted octanol–water partition coefficient (Wildman–Crippen LogP) is 4.07. The highest BCUT2D eigenvalue weighted by Crippen LogP contribution is 2.28. The number of nitrogens with one attached hydrogen (secondary N) is 2. The number of aromatic nitrogens is 1. The molecule has 0 amide bonds. The Hall–Kier alpha value is -2.22. The summed E-state index contributed by atoms with van der Waals surface area (Å²) in [6.45, 7) is 2.44. The molecule has 0 aliphatic rings. The molecule has 1 heterocycles. The number of hydrogen-bond donors (Lipinski definition) is 2. The zero-order valence-corrected chi connectivity index (χ0v) is 12.6. The number of halogens is 2. The molecule has 2 N–H and O–H groups in total. The lowest BCUT2D eigenvalue weighted by atomic mass is 10.3. The van der Waals surface area contributed by atoms with Gasteiger partial charge in [0.2, 0.25) is 0 Å². The number of rotatable bonds is 5. The van der Waals surface area contributed by atoms with Gasteiger partial charge in [-0.2, -0.15) is 0 Å². The van der Waals surface area contributed by atoms with Crippen LogP contribution >= 0.6 is 15.9 Å². The minimum Gasteiger partial charge on any atom is -0.370 e. The van der Waals surface area contributed by atoms with E-state index in [1.807, 2.05) is 6.92 Å². The van der Waals surface area contributed by atoms with Crippen LogP contribution in [0.4, 0.5) is 27.4 Å². The molecule has 2 aromatic rings. The third kappa shape index (κ3) is 3.88. The van der Waals surface area contributed by atoms with Gasteiger partial charge in [-0.25, -0.2) is 9.37 Å². The van der Waals surface area contributed by atoms with E-state index in [-0.39, 0.29) is 11.5 Å². The zero-order chi connectivity index (χ0) is 15.4. The molecular weight excluding hydrogens is 343 g/mol. The maximum absolute atomic E-state index is 13.3. The summed E-state index contributed by atoms with van der Waals surface area (Å²) in [6.07, 6.45) is 0. The highest BCUT2D eigenvalue weighted by atomic mass is 79.9. The van der Waals surface area contributed by atoms with Gasteiger partial charge in [-0.3, -0.25) is 10.1 Å². The Morgan fingerprint density at radius 3 is 2.71 bits per heavy atom. The molecule has 8 heteroatoms. The van der Waals surface area contributed by atoms with Gasteiger partial charge in [-0.15, -0.1) is 0 Å². The maximum Gasteiger partial charge on any atom is 0.276 e. The molecule has 0 aliphatic heterocycles. The van der Waals surface area contributed by atoms with Crippen molar-refractivity contribution >= 4 is 38.9 Å². The van der Waals surface area contributed by atoms with Crippen molar-refractivity contribution in [2.24, 2.45) is 0 Å². The molecule has 0 saturated carbocycles. The van der Waals surface area contributed by atoms with Crippen LogP contribution in [0, 0.1) is 15.9 Å². The van der Waals surface area contributed by atoms with Gasteiger partial charge in [0.15, 0.2) is 0 Å². The van der Waals surface area contributed by atoms with E-state index in [9.17, 15) is 14.5 Å². The second kappa shape index (κ2) is 6.49. The Morgan fingerprint density at radius 1 is 1.33 bits per heavy atom. The predicted molar refractivity (Wildman–Crippen MR) is 82.4 cm³/mol. The fourth-order valence-electron chi connectivity index (χ4n) is 1.69. The van der Waals surface area contributed by atoms with Crippen molar-refractivity contribution in [3.8, 4) is 0 Å². The molecule has 0 bridgehead atoms. The summed E-state index contributed by atoms with van der Waals surface area (Å²) in [6, 6.07) is 6.76. The van der Waals surface area contributed by atoms with Gasteiger partial charge in [0.05, 0.1) is 22.7 Å². The van der Waals surface area contributed by atoms with Crippen LogP contribution in [0.25, 0.3) is 0 Å². The van der Waals surface area contributed by atoms with E-state index in [2.05, 4.69) is 31.5 Å². The van der Waals surface area contributed by atoms with Crippen LogP contribution in [-0.4, -0.2) is 16.5 Å². The van der Waals surface area contributed by atoms with Gasteiger partial charge >= 0.3 is 0 Å². The molecule has 0 atom stereocenters. The Kier molecular flexibility index (Phi) is 4.69. The van der Waals surface area contributed by atoms with Gasteiger partial charge in [0.1, 0.15) is 17.5 Å². The van der Waals surface area contributed by atoms with E-state index in [1.54, 1.807) is 6.07 Å². The van der Waals surface area contributed by atoms with Gasteiger partial charge < -0.3 is 10.6 Å². The average Bonchev–Trinajstić information content (AvgIpc) is 2.43. The van der Waals surface area contributed by atoms with Crippen LogP contribution in [0.1, 0.15) is 6.92 Å². The van der Waals surface area contributed by atoms with Crippen molar-refractivity contribution in [1.29, 1.82) is 0 Å². The summed E-state index contributed by atoms with van der Waals surface area (Å²) in [5, 5.41) is 16.7. The SMILES string of the molecule is CCNc1cc([N+](=O)[O-])cc(Nc2cc(F)ccc2Br)n1. The van der Waals surface area contributed by atoms with E-state index >= 15 is 0 Å². The Balaban J connectivity index is 2.38. The molecule has 1 aromatic carbocycles. The lowest BCUT2D eigenvalue weighted by Crippen LogP contribution is -2.03. The highest BCUT2D eigenvalue weighted by molar-refractivity contribution is 9.10. The second-order valence-corrected chi connectivity index (χ2v) is 4.99. The average molecular weight is 355 g/mol. The molecule has 0 unspecified atom stereocenters. The summed E-state index contributed by atoms with van der Waals surface area (Å²) in [4.78, 5) is 14.6. The van der Waals surface area contributed by atoms with Gasteiger partial charge in [0.25, 0.3) is 5.69 Å². The minimum absolute atomic E-state index is 0.101. The number of benzene rings is 1. The van der Waals surface area contributed by atoms with E-state index < -0.39 is 10.7 Å². The quantitative estimate of drug-likeness (QED) is 0.624. The number of hydrogen-bond acceptors (Lipinski definition) is 5. The van der Waals surface area contributed by atoms with Crippen LogP contribution in [-0.2, 0) is 0 Å². The summed E-state index contributed by atoms with van der Waals surface area (Å²) in [7, 11) is 0. The molecule has 110 valence electrons. The van der Waals surface area contributed by atoms with Crippen molar-refractivity contribution < 1.29 is 9.31 Å². The second-order valence-electron chi connectivity index (χ2n) is 4.13. The Labute approximate surface area is 128 Å². The molecule has 0 radical (unpaired) electrons. The van der Waals surface area contributed by atoms with E-state index in [4.69, 9.17) is 0 Å². The molecule has 0 aliphatic carbocycles. The molecule has 6 nitrogen and oxygen atoms in total. The summed E-state index contributed by atoms with van der Waals surface area (Å²) in [5.74, 6) is 0.214. The molecule has 0 spiro atoms. The van der Waals surface area contributed by atoms with E-state index in [0.717, 1.165) is 0 Å². The topological polar surface area (TPSA) is 80.1 Å².